The van der Waals surface area contributed by atoms with Crippen LogP contribution in [0.25, 0.3) is 10.2 Å². The minimum atomic E-state index is -0.790. The number of carbonyl (C=O) groups excluding carboxylic acids is 4. The summed E-state index contributed by atoms with van der Waals surface area (Å²) in [5.41, 5.74) is 1.74. The lowest BCUT2D eigenvalue weighted by molar-refractivity contribution is -0.136. The van der Waals surface area contributed by atoms with Gasteiger partial charge in [0.25, 0.3) is 0 Å². The molecular formula is C40H51ClN4O6S. The Hall–Kier alpha value is -3.38. The fourth-order valence-electron chi connectivity index (χ4n) is 7.84. The van der Waals surface area contributed by atoms with Crippen LogP contribution in [0.4, 0.5) is 0 Å². The van der Waals surface area contributed by atoms with Crippen LogP contribution in [0.15, 0.2) is 42.5 Å². The van der Waals surface area contributed by atoms with E-state index in [4.69, 9.17) is 26.1 Å². The second-order valence-corrected chi connectivity index (χ2v) is 16.3. The van der Waals surface area contributed by atoms with Gasteiger partial charge in [0, 0.05) is 61.8 Å². The van der Waals surface area contributed by atoms with Gasteiger partial charge in [-0.25, -0.2) is 4.98 Å². The number of halogens is 1. The largest absolute Gasteiger partial charge is 0.493 e. The number of nitrogens with one attached hydrogen (secondary N) is 2. The number of nitrogens with zero attached hydrogens (tertiary/aromatic N) is 2. The lowest BCUT2D eigenvalue weighted by atomic mass is 9.80. The van der Waals surface area contributed by atoms with Crippen LogP contribution in [0, 0.1) is 23.7 Å². The van der Waals surface area contributed by atoms with Crippen LogP contribution in [0.1, 0.15) is 81.3 Å². The zero-order chi connectivity index (χ0) is 36.6. The summed E-state index contributed by atoms with van der Waals surface area (Å²) in [6.07, 6.45) is 5.13. The Labute approximate surface area is 315 Å². The number of para-hydroxylation sites is 1. The predicted octanol–water partition coefficient (Wildman–Crippen LogP) is 6.34. The number of fused-ring (bicyclic) bond motifs is 2. The molecule has 3 aliphatic rings. The number of hydrogen-bond donors (Lipinski definition) is 2. The monoisotopic (exact) mass is 750 g/mol. The fourth-order valence-corrected chi connectivity index (χ4v) is 9.16. The maximum absolute atomic E-state index is 14.5. The highest BCUT2D eigenvalue weighted by Crippen LogP contribution is 2.34. The summed E-state index contributed by atoms with van der Waals surface area (Å²) in [7, 11) is 2.11. The number of ether oxygens (including phenoxy) is 2. The number of rotatable bonds is 15. The molecule has 1 aromatic heterocycles. The molecule has 52 heavy (non-hydrogen) atoms. The average molecular weight is 751 g/mol. The van der Waals surface area contributed by atoms with Crippen molar-refractivity contribution in [2.45, 2.75) is 83.2 Å². The Morgan fingerprint density at radius 2 is 1.73 bits per heavy atom. The van der Waals surface area contributed by atoms with E-state index >= 15 is 0 Å². The van der Waals surface area contributed by atoms with Crippen LogP contribution in [-0.4, -0.2) is 79.3 Å². The molecule has 0 unspecified atom stereocenters. The summed E-state index contributed by atoms with van der Waals surface area (Å²) in [6, 6.07) is 12.3. The van der Waals surface area contributed by atoms with Gasteiger partial charge < -0.3 is 25.0 Å². The van der Waals surface area contributed by atoms with Gasteiger partial charge in [-0.2, -0.15) is 0 Å². The third-order valence-electron chi connectivity index (χ3n) is 11.0. The van der Waals surface area contributed by atoms with Crippen molar-refractivity contribution in [1.82, 2.24) is 20.5 Å². The van der Waals surface area contributed by atoms with Gasteiger partial charge in [0.05, 0.1) is 39.8 Å². The number of ketones is 2. The van der Waals surface area contributed by atoms with E-state index in [1.54, 1.807) is 13.0 Å². The molecule has 4 atom stereocenters. The summed E-state index contributed by atoms with van der Waals surface area (Å²) in [6.45, 7) is 5.21. The molecule has 2 N–H and O–H groups in total. The van der Waals surface area contributed by atoms with E-state index in [9.17, 15) is 19.2 Å². The van der Waals surface area contributed by atoms with Crippen molar-refractivity contribution >= 4 is 56.5 Å². The van der Waals surface area contributed by atoms with E-state index in [0.717, 1.165) is 52.5 Å². The number of piperidine rings is 1. The molecule has 2 fully saturated rings. The molecule has 0 aliphatic carbocycles. The average Bonchev–Trinajstić information content (AvgIpc) is 3.55. The molecule has 3 aromatic rings. The molecule has 2 aromatic carbocycles. The standard InChI is InChI=1S/C40H51ClN4O6S/c1-3-30(46)21-28(23-37-42-33-9-8-29(41)24-36(33)52-37)40(49)44-38(26-12-17-50-18-13-26)34(47)22-27(20-25-10-15-45(2)16-11-25)39(48)43-32-14-19-51-35-7-5-4-6-31(32)35/h4-9,24-28,32,38H,3,10-23H2,1-2H3,(H,43,48)(H,44,49)/t27-,28+,32-,38+/m1/s1. The van der Waals surface area contributed by atoms with Gasteiger partial charge in [0.2, 0.25) is 11.8 Å². The van der Waals surface area contributed by atoms with Crippen LogP contribution >= 0.6 is 22.9 Å². The van der Waals surface area contributed by atoms with Crippen molar-refractivity contribution in [2.24, 2.45) is 23.7 Å². The Bertz CT molecular complexity index is 1720. The molecule has 280 valence electrons. The lowest BCUT2D eigenvalue weighted by Crippen LogP contribution is -2.51. The maximum atomic E-state index is 14.5. The second kappa shape index (κ2) is 18.1. The van der Waals surface area contributed by atoms with Crippen molar-refractivity contribution in [3.63, 3.8) is 0 Å². The lowest BCUT2D eigenvalue weighted by Gasteiger charge is -2.34. The van der Waals surface area contributed by atoms with Crippen LogP contribution in [0.5, 0.6) is 5.75 Å². The highest BCUT2D eigenvalue weighted by molar-refractivity contribution is 7.18. The normalized spacial score (nSPS) is 20.3. The number of benzene rings is 2. The van der Waals surface area contributed by atoms with E-state index in [-0.39, 0.29) is 54.6 Å². The first-order valence-corrected chi connectivity index (χ1v) is 20.0. The summed E-state index contributed by atoms with van der Waals surface area (Å²) >= 11 is 7.67. The topological polar surface area (TPSA) is 127 Å². The summed E-state index contributed by atoms with van der Waals surface area (Å²) < 4.78 is 12.4. The number of hydrogen-bond acceptors (Lipinski definition) is 9. The number of Topliss-reactive ketones (excluding diaryl/α,β-unsaturated/α-hetero) is 2. The molecule has 3 aliphatic heterocycles. The van der Waals surface area contributed by atoms with Crippen molar-refractivity contribution in [3.05, 3.63) is 58.1 Å². The third kappa shape index (κ3) is 9.98. The van der Waals surface area contributed by atoms with E-state index in [2.05, 4.69) is 22.6 Å². The molecule has 12 heteroatoms. The Kier molecular flexibility index (Phi) is 13.3. The molecule has 6 rings (SSSR count). The molecule has 0 bridgehead atoms. The highest BCUT2D eigenvalue weighted by Gasteiger charge is 2.37. The van der Waals surface area contributed by atoms with Gasteiger partial charge in [-0.3, -0.25) is 19.2 Å². The van der Waals surface area contributed by atoms with E-state index in [0.29, 0.717) is 62.9 Å². The smallest absolute Gasteiger partial charge is 0.224 e. The van der Waals surface area contributed by atoms with Crippen molar-refractivity contribution in [1.29, 1.82) is 0 Å². The highest BCUT2D eigenvalue weighted by atomic mass is 35.5. The van der Waals surface area contributed by atoms with Crippen LogP contribution in [0.2, 0.25) is 5.02 Å². The van der Waals surface area contributed by atoms with E-state index < -0.39 is 17.9 Å². The first-order chi connectivity index (χ1) is 25.2. The van der Waals surface area contributed by atoms with Crippen LogP contribution in [0.3, 0.4) is 0 Å². The number of likely N-dealkylation sites (tertiary alicyclic amines) is 1. The zero-order valence-electron chi connectivity index (χ0n) is 30.2. The zero-order valence-corrected chi connectivity index (χ0v) is 31.8. The molecule has 2 saturated heterocycles. The first kappa shape index (κ1) is 38.3. The van der Waals surface area contributed by atoms with Gasteiger partial charge in [-0.05, 0) is 88.3 Å². The van der Waals surface area contributed by atoms with Gasteiger partial charge in [-0.15, -0.1) is 11.3 Å². The Morgan fingerprint density at radius 3 is 2.50 bits per heavy atom. The first-order valence-electron chi connectivity index (χ1n) is 18.8. The minimum absolute atomic E-state index is 0.0252. The quantitative estimate of drug-likeness (QED) is 0.185. The molecule has 2 amide bonds. The Morgan fingerprint density at radius 1 is 0.962 bits per heavy atom. The Balaban J connectivity index is 1.22. The molecule has 0 spiro atoms. The number of aromatic nitrogens is 1. The van der Waals surface area contributed by atoms with Gasteiger partial charge >= 0.3 is 0 Å². The minimum Gasteiger partial charge on any atom is -0.493 e. The number of amides is 2. The van der Waals surface area contributed by atoms with Gasteiger partial charge in [-0.1, -0.05) is 36.7 Å². The third-order valence-corrected chi connectivity index (χ3v) is 12.3. The molecule has 0 saturated carbocycles. The van der Waals surface area contributed by atoms with E-state index in [1.165, 1.54) is 11.3 Å². The second-order valence-electron chi connectivity index (χ2n) is 14.7. The predicted molar refractivity (Wildman–Crippen MR) is 203 cm³/mol. The maximum Gasteiger partial charge on any atom is 0.224 e. The number of carbonyl (C=O) groups is 4. The van der Waals surface area contributed by atoms with Crippen molar-refractivity contribution in [3.8, 4) is 5.75 Å². The molecule has 10 nitrogen and oxygen atoms in total. The molecular weight excluding hydrogens is 700 g/mol. The summed E-state index contributed by atoms with van der Waals surface area (Å²) in [5, 5.41) is 7.76. The van der Waals surface area contributed by atoms with Crippen molar-refractivity contribution < 1.29 is 28.7 Å². The van der Waals surface area contributed by atoms with Gasteiger partial charge in [0.1, 0.15) is 11.5 Å². The summed E-state index contributed by atoms with van der Waals surface area (Å²) in [4.78, 5) is 62.7. The van der Waals surface area contributed by atoms with Crippen molar-refractivity contribution in [2.75, 3.05) is 40.0 Å². The fraction of sp³-hybridized carbons (Fsp3) is 0.575. The van der Waals surface area contributed by atoms with Crippen LogP contribution in [-0.2, 0) is 30.3 Å². The SMILES string of the molecule is CCC(=O)C[C@@H](Cc1nc2ccc(Cl)cc2s1)C(=O)N[C@H](C(=O)C[C@@H](CC1CCN(C)CC1)C(=O)N[C@@H]1CCOc2ccccc21)C1CCOCC1. The van der Waals surface area contributed by atoms with Gasteiger partial charge in [0.15, 0.2) is 5.78 Å². The van der Waals surface area contributed by atoms with E-state index in [1.807, 2.05) is 36.4 Å². The number of thiazole rings is 1. The molecule has 4 heterocycles. The van der Waals surface area contributed by atoms with Crippen LogP contribution < -0.4 is 15.4 Å². The molecule has 0 radical (unpaired) electrons. The summed E-state index contributed by atoms with van der Waals surface area (Å²) in [5.74, 6) is -0.897.